The van der Waals surface area contributed by atoms with Crippen LogP contribution in [-0.2, 0) is 11.5 Å². The molecule has 4 nitrogen and oxygen atoms in total. The Hall–Kier alpha value is -1.46. The molecule has 0 N–H and O–H groups in total. The van der Waals surface area contributed by atoms with E-state index >= 15 is 0 Å². The van der Waals surface area contributed by atoms with Crippen LogP contribution >= 0.6 is 0 Å². The molecule has 2 aromatic heterocycles. The van der Waals surface area contributed by atoms with Crippen LogP contribution in [0.15, 0.2) is 25.0 Å². The third kappa shape index (κ3) is 3.75. The highest BCUT2D eigenvalue weighted by Crippen LogP contribution is 2.13. The number of hydrogen-bond acceptors (Lipinski definition) is 3. The summed E-state index contributed by atoms with van der Waals surface area (Å²) in [6.45, 7) is 12.1. The van der Waals surface area contributed by atoms with Gasteiger partial charge in [-0.2, -0.15) is 0 Å². The molecule has 0 saturated carbocycles. The highest BCUT2D eigenvalue weighted by atomic mass is 28.3. The number of imidazole rings is 1. The first-order chi connectivity index (χ1) is 8.99. The summed E-state index contributed by atoms with van der Waals surface area (Å²) in [4.78, 5) is 8.67. The van der Waals surface area contributed by atoms with Gasteiger partial charge in [0.1, 0.15) is 6.73 Å². The maximum Gasteiger partial charge on any atom is 0.178 e. The summed E-state index contributed by atoms with van der Waals surface area (Å²) in [5.74, 6) is 0. The molecule has 2 rings (SSSR count). The maximum atomic E-state index is 5.73. The predicted molar refractivity (Wildman–Crippen MR) is 81.7 cm³/mol. The van der Waals surface area contributed by atoms with Gasteiger partial charge in [-0.05, 0) is 24.3 Å². The lowest BCUT2D eigenvalue weighted by atomic mass is 10.3. The number of pyridine rings is 1. The van der Waals surface area contributed by atoms with Gasteiger partial charge >= 0.3 is 0 Å². The number of nitrogens with zero attached hydrogens (tertiary/aromatic N) is 3. The van der Waals surface area contributed by atoms with Crippen molar-refractivity contribution in [2.75, 3.05) is 6.61 Å². The monoisotopic (exact) mass is 275 g/mol. The van der Waals surface area contributed by atoms with Crippen LogP contribution in [0.25, 0.3) is 17.2 Å². The number of aromatic nitrogens is 3. The molecule has 0 amide bonds. The fourth-order valence-corrected chi connectivity index (χ4v) is 2.48. The third-order valence-electron chi connectivity index (χ3n) is 2.94. The summed E-state index contributed by atoms with van der Waals surface area (Å²) in [6.07, 6.45) is 3.50. The molecule has 0 aromatic carbocycles. The van der Waals surface area contributed by atoms with E-state index in [1.807, 2.05) is 16.7 Å². The highest BCUT2D eigenvalue weighted by Gasteiger charge is 2.12. The van der Waals surface area contributed by atoms with Crippen LogP contribution in [0.1, 0.15) is 5.69 Å². The largest absolute Gasteiger partial charge is 0.361 e. The normalized spacial score (nSPS) is 11.9. The fraction of sp³-hybridized carbons (Fsp3) is 0.429. The Labute approximate surface area is 115 Å². The van der Waals surface area contributed by atoms with E-state index in [0.29, 0.717) is 6.73 Å². The van der Waals surface area contributed by atoms with Crippen LogP contribution in [0, 0.1) is 0 Å². The van der Waals surface area contributed by atoms with Crippen LogP contribution < -0.4 is 0 Å². The van der Waals surface area contributed by atoms with Crippen molar-refractivity contribution in [2.45, 2.75) is 32.4 Å². The molecule has 0 aliphatic heterocycles. The summed E-state index contributed by atoms with van der Waals surface area (Å²) in [6, 6.07) is 5.13. The van der Waals surface area contributed by atoms with E-state index in [9.17, 15) is 0 Å². The van der Waals surface area contributed by atoms with Crippen LogP contribution in [0.2, 0.25) is 25.7 Å². The molecule has 0 aliphatic carbocycles. The molecule has 2 aromatic rings. The quantitative estimate of drug-likeness (QED) is 0.599. The summed E-state index contributed by atoms with van der Waals surface area (Å²) in [7, 11) is -1.02. The lowest BCUT2D eigenvalue weighted by Gasteiger charge is -2.15. The first-order valence-corrected chi connectivity index (χ1v) is 10.2. The van der Waals surface area contributed by atoms with Crippen molar-refractivity contribution in [2.24, 2.45) is 0 Å². The lowest BCUT2D eigenvalue weighted by molar-refractivity contribution is 0.0898. The Morgan fingerprint density at radius 1 is 1.37 bits per heavy atom. The van der Waals surface area contributed by atoms with E-state index in [4.69, 9.17) is 4.74 Å². The minimum Gasteiger partial charge on any atom is -0.361 e. The molecule has 0 unspecified atom stereocenters. The molecule has 2 heterocycles. The zero-order chi connectivity index (χ0) is 13.9. The van der Waals surface area contributed by atoms with Crippen molar-refractivity contribution >= 4 is 25.3 Å². The van der Waals surface area contributed by atoms with Crippen molar-refractivity contribution < 1.29 is 4.74 Å². The maximum absolute atomic E-state index is 5.73. The molecular weight excluding hydrogens is 254 g/mol. The van der Waals surface area contributed by atoms with Crippen molar-refractivity contribution in [1.29, 1.82) is 0 Å². The fourth-order valence-electron chi connectivity index (χ4n) is 1.72. The average Bonchev–Trinajstić information content (AvgIpc) is 2.75. The van der Waals surface area contributed by atoms with E-state index in [2.05, 4.69) is 36.2 Å². The Morgan fingerprint density at radius 3 is 2.84 bits per heavy atom. The smallest absolute Gasteiger partial charge is 0.178 e. The van der Waals surface area contributed by atoms with Crippen molar-refractivity contribution in [1.82, 2.24) is 14.5 Å². The van der Waals surface area contributed by atoms with Crippen LogP contribution in [0.3, 0.4) is 0 Å². The second kappa shape index (κ2) is 5.67. The van der Waals surface area contributed by atoms with E-state index in [1.54, 1.807) is 12.4 Å². The van der Waals surface area contributed by atoms with Gasteiger partial charge in [0.15, 0.2) is 5.65 Å². The molecular formula is C14H21N3OSi. The lowest BCUT2D eigenvalue weighted by Crippen LogP contribution is -2.21. The molecule has 0 radical (unpaired) electrons. The molecule has 102 valence electrons. The van der Waals surface area contributed by atoms with Gasteiger partial charge in [-0.3, -0.25) is 0 Å². The van der Waals surface area contributed by atoms with E-state index in [-0.39, 0.29) is 0 Å². The molecule has 0 aliphatic rings. The Kier molecular flexibility index (Phi) is 4.16. The van der Waals surface area contributed by atoms with Gasteiger partial charge in [0, 0.05) is 14.7 Å². The van der Waals surface area contributed by atoms with Gasteiger partial charge in [0.25, 0.3) is 0 Å². The second-order valence-electron chi connectivity index (χ2n) is 5.85. The van der Waals surface area contributed by atoms with Gasteiger partial charge < -0.3 is 9.30 Å². The number of fused-ring (bicyclic) bond motifs is 1. The van der Waals surface area contributed by atoms with Gasteiger partial charge in [-0.15, -0.1) is 0 Å². The van der Waals surface area contributed by atoms with Crippen molar-refractivity contribution in [3.63, 3.8) is 0 Å². The summed E-state index contributed by atoms with van der Waals surface area (Å²) < 4.78 is 7.71. The van der Waals surface area contributed by atoms with Crippen LogP contribution in [0.4, 0.5) is 0 Å². The summed E-state index contributed by atoms with van der Waals surface area (Å²) in [5, 5.41) is 0. The Balaban J connectivity index is 2.00. The zero-order valence-electron chi connectivity index (χ0n) is 11.9. The third-order valence-corrected chi connectivity index (χ3v) is 4.64. The van der Waals surface area contributed by atoms with E-state index in [1.165, 1.54) is 6.04 Å². The number of ether oxygens (including phenoxy) is 1. The summed E-state index contributed by atoms with van der Waals surface area (Å²) in [5.41, 5.74) is 2.59. The minimum atomic E-state index is -1.02. The van der Waals surface area contributed by atoms with Gasteiger partial charge in [-0.25, -0.2) is 9.97 Å². The van der Waals surface area contributed by atoms with E-state index in [0.717, 1.165) is 23.5 Å². The topological polar surface area (TPSA) is 39.9 Å². The minimum absolute atomic E-state index is 0.538. The standard InChI is InChI=1S/C14H21N3OSi/c1-5-12-6-7-13-14(16-12)15-10-17(13)11-18-8-9-19(2,3)4/h5-7,10H,1,8-9,11H2,2-4H3. The van der Waals surface area contributed by atoms with Crippen LogP contribution in [0.5, 0.6) is 0 Å². The average molecular weight is 275 g/mol. The van der Waals surface area contributed by atoms with Crippen molar-refractivity contribution in [3.05, 3.63) is 30.7 Å². The Morgan fingerprint density at radius 2 is 2.16 bits per heavy atom. The van der Waals surface area contributed by atoms with Crippen molar-refractivity contribution in [3.8, 4) is 0 Å². The number of hydrogen-bond donors (Lipinski definition) is 0. The van der Waals surface area contributed by atoms with Crippen LogP contribution in [-0.4, -0.2) is 29.2 Å². The second-order valence-corrected chi connectivity index (χ2v) is 11.5. The van der Waals surface area contributed by atoms with Gasteiger partial charge in [0.2, 0.25) is 0 Å². The number of rotatable bonds is 6. The molecule has 5 heteroatoms. The molecule has 0 spiro atoms. The SMILES string of the molecule is C=Cc1ccc2c(ncn2COCC[Si](C)(C)C)n1. The molecule has 0 fully saturated rings. The first kappa shape index (κ1) is 14.0. The van der Waals surface area contributed by atoms with E-state index < -0.39 is 8.07 Å². The summed E-state index contributed by atoms with van der Waals surface area (Å²) >= 11 is 0. The molecule has 0 atom stereocenters. The molecule has 0 bridgehead atoms. The Bertz CT molecular complexity index is 572. The zero-order valence-corrected chi connectivity index (χ0v) is 12.9. The highest BCUT2D eigenvalue weighted by molar-refractivity contribution is 6.76. The van der Waals surface area contributed by atoms with Gasteiger partial charge in [-0.1, -0.05) is 26.2 Å². The molecule has 19 heavy (non-hydrogen) atoms. The first-order valence-electron chi connectivity index (χ1n) is 6.52. The van der Waals surface area contributed by atoms with Gasteiger partial charge in [0.05, 0.1) is 17.5 Å². The predicted octanol–water partition coefficient (Wildman–Crippen LogP) is 3.39. The molecule has 0 saturated heterocycles.